The smallest absolute Gasteiger partial charge is 0.227 e. The number of benzene rings is 1. The summed E-state index contributed by atoms with van der Waals surface area (Å²) >= 11 is 10.9. The normalized spacial score (nSPS) is 27.7. The molecular formula is C14H15ClN2OS. The van der Waals surface area contributed by atoms with Gasteiger partial charge in [-0.15, -0.1) is 0 Å². The van der Waals surface area contributed by atoms with Gasteiger partial charge in [0, 0.05) is 16.5 Å². The molecule has 0 saturated heterocycles. The van der Waals surface area contributed by atoms with E-state index in [0.717, 1.165) is 24.7 Å². The van der Waals surface area contributed by atoms with Gasteiger partial charge in [0.2, 0.25) is 5.91 Å². The number of nitrogens with one attached hydrogen (secondary N) is 1. The molecule has 0 aromatic heterocycles. The van der Waals surface area contributed by atoms with E-state index < -0.39 is 0 Å². The fourth-order valence-electron chi connectivity index (χ4n) is 3.00. The third-order valence-electron chi connectivity index (χ3n) is 4.12. The first-order chi connectivity index (χ1) is 9.04. The molecule has 0 spiro atoms. The Morgan fingerprint density at radius 2 is 2.00 bits per heavy atom. The highest BCUT2D eigenvalue weighted by molar-refractivity contribution is 7.80. The summed E-state index contributed by atoms with van der Waals surface area (Å²) in [4.78, 5) is 12.5. The van der Waals surface area contributed by atoms with E-state index in [-0.39, 0.29) is 16.8 Å². The number of nitrogens with two attached hydrogens (primary N) is 1. The minimum Gasteiger partial charge on any atom is -0.389 e. The van der Waals surface area contributed by atoms with Crippen molar-refractivity contribution in [2.45, 2.75) is 19.3 Å². The molecule has 5 heteroatoms. The van der Waals surface area contributed by atoms with Gasteiger partial charge in [-0.25, -0.2) is 0 Å². The van der Waals surface area contributed by atoms with E-state index in [0.29, 0.717) is 16.3 Å². The summed E-state index contributed by atoms with van der Waals surface area (Å²) in [5, 5.41) is 3.48. The second-order valence-electron chi connectivity index (χ2n) is 5.47. The highest BCUT2D eigenvalue weighted by atomic mass is 35.5. The fourth-order valence-corrected chi connectivity index (χ4v) is 3.35. The minimum atomic E-state index is 0.0620. The molecule has 2 atom stereocenters. The van der Waals surface area contributed by atoms with Gasteiger partial charge >= 0.3 is 0 Å². The van der Waals surface area contributed by atoms with Crippen LogP contribution in [-0.4, -0.2) is 10.9 Å². The van der Waals surface area contributed by atoms with E-state index in [9.17, 15) is 4.79 Å². The van der Waals surface area contributed by atoms with Gasteiger partial charge < -0.3 is 11.1 Å². The monoisotopic (exact) mass is 294 g/mol. The van der Waals surface area contributed by atoms with E-state index in [1.54, 1.807) is 18.2 Å². The van der Waals surface area contributed by atoms with Gasteiger partial charge in [0.25, 0.3) is 0 Å². The van der Waals surface area contributed by atoms with E-state index in [1.807, 2.05) is 0 Å². The van der Waals surface area contributed by atoms with Crippen LogP contribution in [0.25, 0.3) is 0 Å². The van der Waals surface area contributed by atoms with Crippen molar-refractivity contribution >= 4 is 40.4 Å². The lowest BCUT2D eigenvalue weighted by molar-refractivity contribution is -0.120. The summed E-state index contributed by atoms with van der Waals surface area (Å²) < 4.78 is 0. The maximum absolute atomic E-state index is 12.2. The molecule has 0 bridgehead atoms. The summed E-state index contributed by atoms with van der Waals surface area (Å²) in [5.41, 5.74) is 6.94. The molecule has 3 rings (SSSR count). The highest BCUT2D eigenvalue weighted by Crippen LogP contribution is 2.54. The molecule has 2 aliphatic rings. The zero-order valence-electron chi connectivity index (χ0n) is 10.4. The van der Waals surface area contributed by atoms with Crippen LogP contribution < -0.4 is 11.1 Å². The Hall–Kier alpha value is -1.13. The standard InChI is InChI=1S/C14H15ClN2OS/c15-10-1-2-11(13(16)19)12(6-10)17-14(18)9-4-7-3-8(7)5-9/h1-2,6-9H,3-5H2,(H2,16,19)(H,17,18). The van der Waals surface area contributed by atoms with E-state index in [1.165, 1.54) is 6.42 Å². The molecule has 1 amide bonds. The van der Waals surface area contributed by atoms with Crippen LogP contribution in [-0.2, 0) is 4.79 Å². The second kappa shape index (κ2) is 4.76. The van der Waals surface area contributed by atoms with Gasteiger partial charge in [-0.3, -0.25) is 4.79 Å². The molecule has 19 heavy (non-hydrogen) atoms. The Balaban J connectivity index is 1.76. The maximum atomic E-state index is 12.2. The van der Waals surface area contributed by atoms with Crippen LogP contribution in [0.5, 0.6) is 0 Å². The predicted octanol–water partition coefficient (Wildman–Crippen LogP) is 2.96. The third-order valence-corrected chi connectivity index (χ3v) is 4.57. The van der Waals surface area contributed by atoms with Crippen LogP contribution in [0.2, 0.25) is 5.02 Å². The zero-order chi connectivity index (χ0) is 13.6. The van der Waals surface area contributed by atoms with Gasteiger partial charge in [0.05, 0.1) is 5.69 Å². The number of carbonyl (C=O) groups is 1. The lowest BCUT2D eigenvalue weighted by Crippen LogP contribution is -2.23. The van der Waals surface area contributed by atoms with Crippen molar-refractivity contribution in [2.24, 2.45) is 23.5 Å². The number of amides is 1. The molecule has 1 aromatic carbocycles. The Bertz CT molecular complexity index is 550. The van der Waals surface area contributed by atoms with E-state index in [2.05, 4.69) is 5.32 Å². The summed E-state index contributed by atoms with van der Waals surface area (Å²) in [7, 11) is 0. The van der Waals surface area contributed by atoms with Crippen molar-refractivity contribution in [1.82, 2.24) is 0 Å². The molecule has 2 saturated carbocycles. The van der Waals surface area contributed by atoms with Crippen LogP contribution in [0.3, 0.4) is 0 Å². The summed E-state index contributed by atoms with van der Waals surface area (Å²) in [5.74, 6) is 1.75. The largest absolute Gasteiger partial charge is 0.389 e. The van der Waals surface area contributed by atoms with Gasteiger partial charge in [-0.1, -0.05) is 23.8 Å². The fraction of sp³-hybridized carbons (Fsp3) is 0.429. The average molecular weight is 295 g/mol. The van der Waals surface area contributed by atoms with Crippen LogP contribution in [0.4, 0.5) is 5.69 Å². The zero-order valence-corrected chi connectivity index (χ0v) is 11.9. The summed E-state index contributed by atoms with van der Waals surface area (Å²) in [6.45, 7) is 0. The molecule has 3 nitrogen and oxygen atoms in total. The lowest BCUT2D eigenvalue weighted by atomic mass is 10.0. The Morgan fingerprint density at radius 1 is 1.32 bits per heavy atom. The molecule has 2 aliphatic carbocycles. The van der Waals surface area contributed by atoms with Crippen LogP contribution >= 0.6 is 23.8 Å². The van der Waals surface area contributed by atoms with E-state index >= 15 is 0 Å². The molecule has 2 fully saturated rings. The quantitative estimate of drug-likeness (QED) is 0.843. The molecule has 3 N–H and O–H groups in total. The van der Waals surface area contributed by atoms with Gasteiger partial charge in [-0.2, -0.15) is 0 Å². The van der Waals surface area contributed by atoms with Crippen molar-refractivity contribution in [2.75, 3.05) is 5.32 Å². The SMILES string of the molecule is NC(=S)c1ccc(Cl)cc1NC(=O)C1CC2CC2C1. The van der Waals surface area contributed by atoms with Gasteiger partial charge in [0.1, 0.15) is 4.99 Å². The molecule has 1 aromatic rings. The van der Waals surface area contributed by atoms with Crippen molar-refractivity contribution in [3.05, 3.63) is 28.8 Å². The average Bonchev–Trinajstić information content (AvgIpc) is 2.95. The Kier molecular flexibility index (Phi) is 3.23. The number of hydrogen-bond acceptors (Lipinski definition) is 2. The predicted molar refractivity (Wildman–Crippen MR) is 80.3 cm³/mol. The number of hydrogen-bond donors (Lipinski definition) is 2. The van der Waals surface area contributed by atoms with Crippen LogP contribution in [0.15, 0.2) is 18.2 Å². The second-order valence-corrected chi connectivity index (χ2v) is 6.34. The topological polar surface area (TPSA) is 55.1 Å². The molecule has 0 heterocycles. The van der Waals surface area contributed by atoms with Gasteiger partial charge in [-0.05, 0) is 49.3 Å². The van der Waals surface area contributed by atoms with Crippen molar-refractivity contribution in [3.8, 4) is 0 Å². The van der Waals surface area contributed by atoms with Crippen molar-refractivity contribution in [1.29, 1.82) is 0 Å². The Labute approximate surface area is 122 Å². The highest BCUT2D eigenvalue weighted by Gasteiger charge is 2.48. The third kappa shape index (κ3) is 2.60. The minimum absolute atomic E-state index is 0.0620. The number of thiocarbonyl (C=S) groups is 1. The summed E-state index contributed by atoms with van der Waals surface area (Å²) in [6.07, 6.45) is 3.33. The lowest BCUT2D eigenvalue weighted by Gasteiger charge is -2.15. The van der Waals surface area contributed by atoms with Crippen LogP contribution in [0.1, 0.15) is 24.8 Å². The number of rotatable bonds is 3. The van der Waals surface area contributed by atoms with E-state index in [4.69, 9.17) is 29.6 Å². The number of halogens is 1. The summed E-state index contributed by atoms with van der Waals surface area (Å²) in [6, 6.07) is 5.16. The molecule has 0 radical (unpaired) electrons. The number of anilines is 1. The van der Waals surface area contributed by atoms with Gasteiger partial charge in [0.15, 0.2) is 0 Å². The first-order valence-corrected chi connectivity index (χ1v) is 7.23. The maximum Gasteiger partial charge on any atom is 0.227 e. The first-order valence-electron chi connectivity index (χ1n) is 6.45. The van der Waals surface area contributed by atoms with Crippen LogP contribution in [0, 0.1) is 17.8 Å². The van der Waals surface area contributed by atoms with Crippen molar-refractivity contribution in [3.63, 3.8) is 0 Å². The number of fused-ring (bicyclic) bond motifs is 1. The van der Waals surface area contributed by atoms with Crippen molar-refractivity contribution < 1.29 is 4.79 Å². The Morgan fingerprint density at radius 3 is 2.63 bits per heavy atom. The molecule has 100 valence electrons. The first kappa shape index (κ1) is 12.9. The molecular weight excluding hydrogens is 280 g/mol. The number of carbonyl (C=O) groups excluding carboxylic acids is 1. The molecule has 0 aliphatic heterocycles. The molecule has 2 unspecified atom stereocenters.